The van der Waals surface area contributed by atoms with Crippen molar-refractivity contribution in [3.05, 3.63) is 29.3 Å². The van der Waals surface area contributed by atoms with E-state index >= 15 is 0 Å². The van der Waals surface area contributed by atoms with E-state index < -0.39 is 0 Å². The van der Waals surface area contributed by atoms with Crippen LogP contribution in [-0.4, -0.2) is 31.4 Å². The normalized spacial score (nSPS) is 10.2. The van der Waals surface area contributed by atoms with Crippen LogP contribution in [-0.2, 0) is 20.9 Å². The Morgan fingerprint density at radius 3 is 2.68 bits per heavy atom. The lowest BCUT2D eigenvalue weighted by atomic mass is 10.1. The Labute approximate surface area is 129 Å². The second-order valence-corrected chi connectivity index (χ2v) is 4.94. The molecule has 0 saturated carbocycles. The van der Waals surface area contributed by atoms with Gasteiger partial charge in [-0.1, -0.05) is 19.9 Å². The summed E-state index contributed by atoms with van der Waals surface area (Å²) in [5.74, 6) is -0.926. The fraction of sp³-hybridized carbons (Fsp3) is 0.400. The van der Waals surface area contributed by atoms with Gasteiger partial charge in [-0.05, 0) is 12.1 Å². The van der Waals surface area contributed by atoms with E-state index in [1.807, 2.05) is 0 Å². The van der Waals surface area contributed by atoms with Gasteiger partial charge in [0.2, 0.25) is 6.41 Å². The summed E-state index contributed by atoms with van der Waals surface area (Å²) < 4.78 is 5.15. The SMILES string of the molecule is CC(C)C(=O)OCc1ccc(NC=O)cc1C(=O)NCCN. The van der Waals surface area contributed by atoms with E-state index in [0.717, 1.165) is 0 Å². The number of anilines is 1. The fourth-order valence-corrected chi connectivity index (χ4v) is 1.67. The van der Waals surface area contributed by atoms with E-state index in [1.54, 1.807) is 26.0 Å². The zero-order chi connectivity index (χ0) is 16.5. The monoisotopic (exact) mass is 307 g/mol. The summed E-state index contributed by atoms with van der Waals surface area (Å²) in [6, 6.07) is 4.79. The highest BCUT2D eigenvalue weighted by Crippen LogP contribution is 2.17. The number of rotatable bonds is 8. The van der Waals surface area contributed by atoms with Crippen LogP contribution in [0.5, 0.6) is 0 Å². The standard InChI is InChI=1S/C15H21N3O4/c1-10(2)15(21)22-8-11-3-4-12(18-9-19)7-13(11)14(20)17-6-5-16/h3-4,7,9-10H,5-6,8,16H2,1-2H3,(H,17,20)(H,18,19). The number of ether oxygens (including phenoxy) is 1. The number of nitrogens with two attached hydrogens (primary N) is 1. The van der Waals surface area contributed by atoms with Crippen LogP contribution in [0.25, 0.3) is 0 Å². The number of carbonyl (C=O) groups excluding carboxylic acids is 3. The van der Waals surface area contributed by atoms with Gasteiger partial charge in [0, 0.05) is 29.9 Å². The van der Waals surface area contributed by atoms with Gasteiger partial charge in [-0.15, -0.1) is 0 Å². The summed E-state index contributed by atoms with van der Waals surface area (Å²) in [6.45, 7) is 4.09. The molecule has 0 aromatic heterocycles. The molecular formula is C15H21N3O4. The lowest BCUT2D eigenvalue weighted by Gasteiger charge is -2.13. The summed E-state index contributed by atoms with van der Waals surface area (Å²) in [7, 11) is 0. The lowest BCUT2D eigenvalue weighted by Crippen LogP contribution is -2.30. The first-order chi connectivity index (χ1) is 10.5. The highest BCUT2D eigenvalue weighted by atomic mass is 16.5. The maximum absolute atomic E-state index is 12.1. The quantitative estimate of drug-likeness (QED) is 0.482. The maximum Gasteiger partial charge on any atom is 0.308 e. The number of esters is 1. The average molecular weight is 307 g/mol. The van der Waals surface area contributed by atoms with E-state index in [1.165, 1.54) is 6.07 Å². The molecule has 0 radical (unpaired) electrons. The highest BCUT2D eigenvalue weighted by molar-refractivity contribution is 5.97. The molecule has 0 atom stereocenters. The minimum absolute atomic E-state index is 0.0102. The van der Waals surface area contributed by atoms with Gasteiger partial charge in [0.1, 0.15) is 6.61 Å². The lowest BCUT2D eigenvalue weighted by molar-refractivity contribution is -0.148. The molecule has 0 aliphatic carbocycles. The van der Waals surface area contributed by atoms with Crippen LogP contribution in [0.15, 0.2) is 18.2 Å². The number of hydrogen-bond donors (Lipinski definition) is 3. The predicted octanol–water partition coefficient (Wildman–Crippen LogP) is 0.643. The van der Waals surface area contributed by atoms with Crippen LogP contribution in [0.1, 0.15) is 29.8 Å². The zero-order valence-corrected chi connectivity index (χ0v) is 12.7. The molecule has 0 spiro atoms. The van der Waals surface area contributed by atoms with E-state index in [9.17, 15) is 14.4 Å². The summed E-state index contributed by atoms with van der Waals surface area (Å²) >= 11 is 0. The molecule has 4 N–H and O–H groups in total. The van der Waals surface area contributed by atoms with Crippen LogP contribution in [0, 0.1) is 5.92 Å². The van der Waals surface area contributed by atoms with Crippen molar-refractivity contribution in [1.29, 1.82) is 0 Å². The molecule has 1 aromatic rings. The molecule has 0 unspecified atom stereocenters. The van der Waals surface area contributed by atoms with E-state index in [4.69, 9.17) is 10.5 Å². The molecule has 2 amide bonds. The molecule has 0 aliphatic rings. The maximum atomic E-state index is 12.1. The predicted molar refractivity (Wildman–Crippen MR) is 82.2 cm³/mol. The van der Waals surface area contributed by atoms with Gasteiger partial charge in [-0.2, -0.15) is 0 Å². The molecule has 120 valence electrons. The van der Waals surface area contributed by atoms with Crippen molar-refractivity contribution in [3.8, 4) is 0 Å². The summed E-state index contributed by atoms with van der Waals surface area (Å²) in [6.07, 6.45) is 0.523. The minimum Gasteiger partial charge on any atom is -0.461 e. The van der Waals surface area contributed by atoms with Gasteiger partial charge in [-0.3, -0.25) is 14.4 Å². The summed E-state index contributed by atoms with van der Waals surface area (Å²) in [4.78, 5) is 34.2. The van der Waals surface area contributed by atoms with Crippen LogP contribution in [0.4, 0.5) is 5.69 Å². The number of carbonyl (C=O) groups is 3. The van der Waals surface area contributed by atoms with Gasteiger partial charge in [0.25, 0.3) is 5.91 Å². The molecule has 1 rings (SSSR count). The van der Waals surface area contributed by atoms with Crippen molar-refractivity contribution in [2.75, 3.05) is 18.4 Å². The van der Waals surface area contributed by atoms with Gasteiger partial charge in [0.05, 0.1) is 5.92 Å². The van der Waals surface area contributed by atoms with Crippen molar-refractivity contribution >= 4 is 24.0 Å². The van der Waals surface area contributed by atoms with E-state index in [-0.39, 0.29) is 24.4 Å². The fourth-order valence-electron chi connectivity index (χ4n) is 1.67. The second-order valence-electron chi connectivity index (χ2n) is 4.94. The molecule has 0 saturated heterocycles. The van der Waals surface area contributed by atoms with Crippen molar-refractivity contribution in [3.63, 3.8) is 0 Å². The number of nitrogens with one attached hydrogen (secondary N) is 2. The van der Waals surface area contributed by atoms with Crippen LogP contribution < -0.4 is 16.4 Å². The Bertz CT molecular complexity index is 544. The van der Waals surface area contributed by atoms with Crippen molar-refractivity contribution < 1.29 is 19.1 Å². The van der Waals surface area contributed by atoms with Crippen molar-refractivity contribution in [2.45, 2.75) is 20.5 Å². The highest BCUT2D eigenvalue weighted by Gasteiger charge is 2.15. The first-order valence-electron chi connectivity index (χ1n) is 6.97. The van der Waals surface area contributed by atoms with E-state index in [2.05, 4.69) is 10.6 Å². The molecule has 7 nitrogen and oxygen atoms in total. The van der Waals surface area contributed by atoms with Gasteiger partial charge < -0.3 is 21.1 Å². The van der Waals surface area contributed by atoms with E-state index in [0.29, 0.717) is 36.3 Å². The first-order valence-corrected chi connectivity index (χ1v) is 6.97. The molecule has 0 fully saturated rings. The smallest absolute Gasteiger partial charge is 0.308 e. The zero-order valence-electron chi connectivity index (χ0n) is 12.7. The van der Waals surface area contributed by atoms with Crippen LogP contribution in [0.2, 0.25) is 0 Å². The van der Waals surface area contributed by atoms with Gasteiger partial charge in [0.15, 0.2) is 0 Å². The Kier molecular flexibility index (Phi) is 7.04. The molecular weight excluding hydrogens is 286 g/mol. The van der Waals surface area contributed by atoms with Gasteiger partial charge >= 0.3 is 5.97 Å². The van der Waals surface area contributed by atoms with Gasteiger partial charge in [-0.25, -0.2) is 0 Å². The molecule has 0 heterocycles. The Morgan fingerprint density at radius 2 is 2.09 bits per heavy atom. The molecule has 0 aliphatic heterocycles. The Balaban J connectivity index is 2.95. The summed E-state index contributed by atoms with van der Waals surface area (Å²) in [5, 5.41) is 5.12. The van der Waals surface area contributed by atoms with Crippen molar-refractivity contribution in [1.82, 2.24) is 5.32 Å². The largest absolute Gasteiger partial charge is 0.461 e. The molecule has 0 bridgehead atoms. The van der Waals surface area contributed by atoms with Crippen LogP contribution in [0.3, 0.4) is 0 Å². The number of benzene rings is 1. The van der Waals surface area contributed by atoms with Crippen molar-refractivity contribution in [2.24, 2.45) is 11.7 Å². The number of hydrogen-bond acceptors (Lipinski definition) is 5. The molecule has 7 heteroatoms. The minimum atomic E-state index is -0.344. The Morgan fingerprint density at radius 1 is 1.36 bits per heavy atom. The molecule has 1 aromatic carbocycles. The topological polar surface area (TPSA) is 111 Å². The molecule has 22 heavy (non-hydrogen) atoms. The average Bonchev–Trinajstić information content (AvgIpc) is 2.51. The Hall–Kier alpha value is -2.41. The first kappa shape index (κ1) is 17.6. The number of amides is 2. The summed E-state index contributed by atoms with van der Waals surface area (Å²) in [5.41, 5.74) is 6.72. The third kappa shape index (κ3) is 5.17. The third-order valence-electron chi connectivity index (χ3n) is 2.85. The third-order valence-corrected chi connectivity index (χ3v) is 2.85. The van der Waals surface area contributed by atoms with Crippen LogP contribution >= 0.6 is 0 Å². The second kappa shape index (κ2) is 8.78.